The SMILES string of the molecule is CCC(CC)Oc1ccc(C(N)=S)cc1OC. The molecule has 17 heavy (non-hydrogen) atoms. The van der Waals surface area contributed by atoms with E-state index in [9.17, 15) is 0 Å². The summed E-state index contributed by atoms with van der Waals surface area (Å²) in [5.74, 6) is 1.41. The summed E-state index contributed by atoms with van der Waals surface area (Å²) < 4.78 is 11.1. The highest BCUT2D eigenvalue weighted by molar-refractivity contribution is 7.80. The van der Waals surface area contributed by atoms with Crippen LogP contribution in [0, 0.1) is 0 Å². The zero-order valence-electron chi connectivity index (χ0n) is 10.5. The van der Waals surface area contributed by atoms with Crippen molar-refractivity contribution >= 4 is 17.2 Å². The number of thiocarbonyl (C=S) groups is 1. The number of methoxy groups -OCH3 is 1. The molecule has 0 saturated heterocycles. The zero-order chi connectivity index (χ0) is 12.8. The average molecular weight is 253 g/mol. The van der Waals surface area contributed by atoms with Crippen LogP contribution in [0.15, 0.2) is 18.2 Å². The lowest BCUT2D eigenvalue weighted by molar-refractivity contribution is 0.185. The van der Waals surface area contributed by atoms with Crippen LogP contribution < -0.4 is 15.2 Å². The van der Waals surface area contributed by atoms with Gasteiger partial charge in [-0.05, 0) is 31.0 Å². The summed E-state index contributed by atoms with van der Waals surface area (Å²) in [5.41, 5.74) is 6.36. The zero-order valence-corrected chi connectivity index (χ0v) is 11.3. The van der Waals surface area contributed by atoms with E-state index in [4.69, 9.17) is 27.4 Å². The first-order valence-electron chi connectivity index (χ1n) is 5.76. The predicted octanol–water partition coefficient (Wildman–Crippen LogP) is 2.90. The number of ether oxygens (including phenoxy) is 2. The molecule has 1 rings (SSSR count). The molecule has 0 saturated carbocycles. The summed E-state index contributed by atoms with van der Waals surface area (Å²) in [6, 6.07) is 5.51. The van der Waals surface area contributed by atoms with Crippen LogP contribution in [0.3, 0.4) is 0 Å². The minimum atomic E-state index is 0.208. The fourth-order valence-electron chi connectivity index (χ4n) is 1.55. The Morgan fingerprint density at radius 1 is 1.29 bits per heavy atom. The first-order valence-corrected chi connectivity index (χ1v) is 6.17. The molecule has 0 aliphatic heterocycles. The maximum Gasteiger partial charge on any atom is 0.161 e. The first kappa shape index (κ1) is 13.8. The van der Waals surface area contributed by atoms with E-state index < -0.39 is 0 Å². The van der Waals surface area contributed by atoms with Crippen LogP contribution in [0.5, 0.6) is 11.5 Å². The van der Waals surface area contributed by atoms with E-state index in [0.29, 0.717) is 10.7 Å². The molecule has 0 bridgehead atoms. The second kappa shape index (κ2) is 6.45. The van der Waals surface area contributed by atoms with E-state index in [2.05, 4.69) is 13.8 Å². The lowest BCUT2D eigenvalue weighted by atomic mass is 10.2. The Labute approximate surface area is 108 Å². The first-order chi connectivity index (χ1) is 8.12. The van der Waals surface area contributed by atoms with Gasteiger partial charge in [0.2, 0.25) is 0 Å². The minimum Gasteiger partial charge on any atom is -0.493 e. The fourth-order valence-corrected chi connectivity index (χ4v) is 1.68. The van der Waals surface area contributed by atoms with Crippen molar-refractivity contribution in [3.8, 4) is 11.5 Å². The van der Waals surface area contributed by atoms with Crippen LogP contribution in [0.2, 0.25) is 0 Å². The Morgan fingerprint density at radius 3 is 2.41 bits per heavy atom. The number of hydrogen-bond acceptors (Lipinski definition) is 3. The Hall–Kier alpha value is -1.29. The van der Waals surface area contributed by atoms with Gasteiger partial charge in [-0.1, -0.05) is 26.1 Å². The smallest absolute Gasteiger partial charge is 0.161 e. The topological polar surface area (TPSA) is 44.5 Å². The number of benzene rings is 1. The van der Waals surface area contributed by atoms with E-state index in [1.807, 2.05) is 12.1 Å². The van der Waals surface area contributed by atoms with Gasteiger partial charge in [0, 0.05) is 5.56 Å². The minimum absolute atomic E-state index is 0.208. The maximum absolute atomic E-state index is 5.86. The number of rotatable bonds is 6. The van der Waals surface area contributed by atoms with E-state index in [1.165, 1.54) is 0 Å². The molecule has 3 nitrogen and oxygen atoms in total. The van der Waals surface area contributed by atoms with Gasteiger partial charge in [0.05, 0.1) is 13.2 Å². The number of nitrogens with two attached hydrogens (primary N) is 1. The Bertz CT molecular complexity index is 389. The summed E-state index contributed by atoms with van der Waals surface area (Å²) in [5, 5.41) is 0. The van der Waals surface area contributed by atoms with Gasteiger partial charge < -0.3 is 15.2 Å². The monoisotopic (exact) mass is 253 g/mol. The summed E-state index contributed by atoms with van der Waals surface area (Å²) in [4.78, 5) is 0.359. The van der Waals surface area contributed by atoms with Crippen LogP contribution in [0.1, 0.15) is 32.3 Å². The molecule has 4 heteroatoms. The lowest BCUT2D eigenvalue weighted by Gasteiger charge is -2.18. The fraction of sp³-hybridized carbons (Fsp3) is 0.462. The third kappa shape index (κ3) is 3.60. The van der Waals surface area contributed by atoms with E-state index in [0.717, 1.165) is 24.2 Å². The average Bonchev–Trinajstić information content (AvgIpc) is 2.35. The van der Waals surface area contributed by atoms with Crippen molar-refractivity contribution in [3.63, 3.8) is 0 Å². The molecule has 0 fully saturated rings. The standard InChI is InChI=1S/C13H19NO2S/c1-4-10(5-2)16-11-7-6-9(13(14)17)8-12(11)15-3/h6-8,10H,4-5H2,1-3H3,(H2,14,17). The van der Waals surface area contributed by atoms with Gasteiger partial charge in [-0.3, -0.25) is 0 Å². The molecule has 0 aliphatic rings. The molecular weight excluding hydrogens is 234 g/mol. The molecule has 0 aromatic heterocycles. The van der Waals surface area contributed by atoms with Crippen LogP contribution in [0.4, 0.5) is 0 Å². The predicted molar refractivity (Wildman–Crippen MR) is 73.9 cm³/mol. The Morgan fingerprint density at radius 2 is 1.94 bits per heavy atom. The largest absolute Gasteiger partial charge is 0.493 e. The highest BCUT2D eigenvalue weighted by Gasteiger charge is 2.11. The Balaban J connectivity index is 2.96. The molecule has 94 valence electrons. The molecule has 0 radical (unpaired) electrons. The third-order valence-electron chi connectivity index (χ3n) is 2.65. The van der Waals surface area contributed by atoms with Crippen molar-refractivity contribution in [2.24, 2.45) is 5.73 Å². The molecular formula is C13H19NO2S. The van der Waals surface area contributed by atoms with Gasteiger partial charge in [0.1, 0.15) is 4.99 Å². The molecule has 1 aromatic carbocycles. The van der Waals surface area contributed by atoms with E-state index >= 15 is 0 Å². The van der Waals surface area contributed by atoms with E-state index in [1.54, 1.807) is 13.2 Å². The van der Waals surface area contributed by atoms with Crippen molar-refractivity contribution in [2.45, 2.75) is 32.8 Å². The quantitative estimate of drug-likeness (QED) is 0.792. The van der Waals surface area contributed by atoms with Crippen LogP contribution >= 0.6 is 12.2 Å². The summed E-state index contributed by atoms with van der Waals surface area (Å²) in [6.45, 7) is 4.20. The maximum atomic E-state index is 5.86. The number of hydrogen-bond donors (Lipinski definition) is 1. The molecule has 0 amide bonds. The van der Waals surface area contributed by atoms with Gasteiger partial charge in [-0.15, -0.1) is 0 Å². The van der Waals surface area contributed by atoms with E-state index in [-0.39, 0.29) is 6.10 Å². The lowest BCUT2D eigenvalue weighted by Crippen LogP contribution is -2.15. The molecule has 0 spiro atoms. The summed E-state index contributed by atoms with van der Waals surface area (Å²) >= 11 is 4.93. The van der Waals surface area contributed by atoms with Crippen molar-refractivity contribution in [2.75, 3.05) is 7.11 Å². The van der Waals surface area contributed by atoms with Crippen molar-refractivity contribution in [3.05, 3.63) is 23.8 Å². The van der Waals surface area contributed by atoms with Crippen molar-refractivity contribution in [1.82, 2.24) is 0 Å². The van der Waals surface area contributed by atoms with Crippen LogP contribution in [-0.4, -0.2) is 18.2 Å². The third-order valence-corrected chi connectivity index (χ3v) is 2.89. The van der Waals surface area contributed by atoms with Gasteiger partial charge in [-0.2, -0.15) is 0 Å². The van der Waals surface area contributed by atoms with Crippen LogP contribution in [0.25, 0.3) is 0 Å². The van der Waals surface area contributed by atoms with Gasteiger partial charge in [0.15, 0.2) is 11.5 Å². The van der Waals surface area contributed by atoms with Crippen molar-refractivity contribution in [1.29, 1.82) is 0 Å². The van der Waals surface area contributed by atoms with Gasteiger partial charge in [0.25, 0.3) is 0 Å². The second-order valence-corrected chi connectivity index (χ2v) is 4.23. The highest BCUT2D eigenvalue weighted by atomic mass is 32.1. The molecule has 0 aliphatic carbocycles. The molecule has 0 atom stereocenters. The molecule has 0 heterocycles. The van der Waals surface area contributed by atoms with Crippen molar-refractivity contribution < 1.29 is 9.47 Å². The second-order valence-electron chi connectivity index (χ2n) is 3.79. The van der Waals surface area contributed by atoms with Gasteiger partial charge in [-0.25, -0.2) is 0 Å². The highest BCUT2D eigenvalue weighted by Crippen LogP contribution is 2.29. The van der Waals surface area contributed by atoms with Crippen LogP contribution in [-0.2, 0) is 0 Å². The summed E-state index contributed by atoms with van der Waals surface area (Å²) in [6.07, 6.45) is 2.15. The normalized spacial score (nSPS) is 10.4. The summed E-state index contributed by atoms with van der Waals surface area (Å²) in [7, 11) is 1.61. The molecule has 0 unspecified atom stereocenters. The molecule has 1 aromatic rings. The van der Waals surface area contributed by atoms with Gasteiger partial charge >= 0.3 is 0 Å². The molecule has 2 N–H and O–H groups in total. The Kier molecular flexibility index (Phi) is 5.22.